The molecule has 2 aromatic rings. The van der Waals surface area contributed by atoms with E-state index in [2.05, 4.69) is 11.9 Å². The molecule has 0 unspecified atom stereocenters. The molecule has 4 heteroatoms. The lowest BCUT2D eigenvalue weighted by atomic mass is 10.2. The molecule has 0 aliphatic rings. The molecule has 17 heavy (non-hydrogen) atoms. The fourth-order valence-electron chi connectivity index (χ4n) is 1.60. The summed E-state index contributed by atoms with van der Waals surface area (Å²) in [6, 6.07) is 4.85. The van der Waals surface area contributed by atoms with E-state index in [-0.39, 0.29) is 5.82 Å². The molecule has 2 rings (SSSR count). The number of nitrogens with zero attached hydrogens (tertiary/aromatic N) is 1. The van der Waals surface area contributed by atoms with Gasteiger partial charge in [-0.3, -0.25) is 0 Å². The maximum absolute atomic E-state index is 13.8. The first kappa shape index (κ1) is 12.0. The number of halogens is 1. The van der Waals surface area contributed by atoms with Crippen molar-refractivity contribution in [1.29, 1.82) is 0 Å². The first-order chi connectivity index (χ1) is 8.24. The van der Waals surface area contributed by atoms with Gasteiger partial charge in [-0.25, -0.2) is 9.37 Å². The second-order valence-electron chi connectivity index (χ2n) is 3.74. The van der Waals surface area contributed by atoms with Crippen molar-refractivity contribution in [3.63, 3.8) is 0 Å². The van der Waals surface area contributed by atoms with E-state index in [4.69, 9.17) is 4.74 Å². The first-order valence-corrected chi connectivity index (χ1v) is 6.41. The number of thiazole rings is 1. The van der Waals surface area contributed by atoms with E-state index in [1.165, 1.54) is 24.5 Å². The second-order valence-corrected chi connectivity index (χ2v) is 4.60. The van der Waals surface area contributed by atoms with Crippen LogP contribution >= 0.6 is 11.3 Å². The van der Waals surface area contributed by atoms with Crippen molar-refractivity contribution in [2.75, 3.05) is 7.11 Å². The molecule has 0 fully saturated rings. The largest absolute Gasteiger partial charge is 0.497 e. The summed E-state index contributed by atoms with van der Waals surface area (Å²) in [5, 5.41) is 2.72. The van der Waals surface area contributed by atoms with Crippen molar-refractivity contribution in [3.8, 4) is 16.3 Å². The van der Waals surface area contributed by atoms with Gasteiger partial charge in [0.05, 0.1) is 12.8 Å². The zero-order valence-electron chi connectivity index (χ0n) is 9.87. The number of ether oxygens (including phenoxy) is 1. The Morgan fingerprint density at radius 2 is 2.24 bits per heavy atom. The highest BCUT2D eigenvalue weighted by atomic mass is 32.1. The van der Waals surface area contributed by atoms with Gasteiger partial charge in [-0.2, -0.15) is 0 Å². The van der Waals surface area contributed by atoms with Crippen molar-refractivity contribution < 1.29 is 9.13 Å². The molecule has 0 bridgehead atoms. The fraction of sp³-hybridized carbons (Fsp3) is 0.308. The van der Waals surface area contributed by atoms with Gasteiger partial charge < -0.3 is 4.74 Å². The highest BCUT2D eigenvalue weighted by Gasteiger charge is 2.10. The van der Waals surface area contributed by atoms with Crippen LogP contribution in [0, 0.1) is 5.82 Å². The Hall–Kier alpha value is -1.42. The van der Waals surface area contributed by atoms with Crippen molar-refractivity contribution >= 4 is 11.3 Å². The SMILES string of the molecule is CCCc1csc(-c2ccc(OC)cc2F)n1. The molecule has 1 aromatic heterocycles. The molecule has 0 N–H and O–H groups in total. The van der Waals surface area contributed by atoms with Crippen LogP contribution in [0.5, 0.6) is 5.75 Å². The maximum atomic E-state index is 13.8. The number of rotatable bonds is 4. The van der Waals surface area contributed by atoms with Crippen LogP contribution in [0.15, 0.2) is 23.6 Å². The Morgan fingerprint density at radius 1 is 1.41 bits per heavy atom. The van der Waals surface area contributed by atoms with Crippen LogP contribution in [-0.2, 0) is 6.42 Å². The van der Waals surface area contributed by atoms with Crippen LogP contribution in [0.25, 0.3) is 10.6 Å². The molecular formula is C13H14FNOS. The smallest absolute Gasteiger partial charge is 0.137 e. The lowest BCUT2D eigenvalue weighted by Gasteiger charge is -2.02. The zero-order valence-corrected chi connectivity index (χ0v) is 10.7. The van der Waals surface area contributed by atoms with Crippen molar-refractivity contribution in [2.24, 2.45) is 0 Å². The van der Waals surface area contributed by atoms with Crippen molar-refractivity contribution in [2.45, 2.75) is 19.8 Å². The van der Waals surface area contributed by atoms with E-state index in [9.17, 15) is 4.39 Å². The summed E-state index contributed by atoms with van der Waals surface area (Å²) in [4.78, 5) is 4.42. The molecule has 0 spiro atoms. The lowest BCUT2D eigenvalue weighted by molar-refractivity contribution is 0.411. The minimum Gasteiger partial charge on any atom is -0.497 e. The molecule has 1 aromatic carbocycles. The first-order valence-electron chi connectivity index (χ1n) is 5.53. The Bertz CT molecular complexity index is 510. The van der Waals surface area contributed by atoms with E-state index < -0.39 is 0 Å². The van der Waals surface area contributed by atoms with Gasteiger partial charge >= 0.3 is 0 Å². The quantitative estimate of drug-likeness (QED) is 0.822. The summed E-state index contributed by atoms with van der Waals surface area (Å²) in [7, 11) is 1.52. The van der Waals surface area contributed by atoms with Crippen LogP contribution < -0.4 is 4.74 Å². The molecule has 0 aliphatic heterocycles. The minimum absolute atomic E-state index is 0.290. The third-order valence-corrected chi connectivity index (χ3v) is 3.39. The summed E-state index contributed by atoms with van der Waals surface area (Å²) in [5.74, 6) is 0.235. The maximum Gasteiger partial charge on any atom is 0.137 e. The predicted molar refractivity (Wildman–Crippen MR) is 68.1 cm³/mol. The number of benzene rings is 1. The molecule has 2 nitrogen and oxygen atoms in total. The Labute approximate surface area is 104 Å². The summed E-state index contributed by atoms with van der Waals surface area (Å²) in [6.07, 6.45) is 1.99. The van der Waals surface area contributed by atoms with Gasteiger partial charge in [0.2, 0.25) is 0 Å². The molecule has 1 heterocycles. The van der Waals surface area contributed by atoms with E-state index in [0.29, 0.717) is 11.3 Å². The van der Waals surface area contributed by atoms with Gasteiger partial charge in [0.15, 0.2) is 0 Å². The number of hydrogen-bond acceptors (Lipinski definition) is 3. The third kappa shape index (κ3) is 2.64. The van der Waals surface area contributed by atoms with Crippen LogP contribution in [0.1, 0.15) is 19.0 Å². The standard InChI is InChI=1S/C13H14FNOS/c1-3-4-9-8-17-13(15-9)11-6-5-10(16-2)7-12(11)14/h5-8H,3-4H2,1-2H3. The molecule has 0 radical (unpaired) electrons. The summed E-state index contributed by atoms with van der Waals surface area (Å²) in [6.45, 7) is 2.10. The summed E-state index contributed by atoms with van der Waals surface area (Å²) < 4.78 is 18.8. The van der Waals surface area contributed by atoms with Gasteiger partial charge in [0.1, 0.15) is 16.6 Å². The van der Waals surface area contributed by atoms with Gasteiger partial charge in [-0.1, -0.05) is 13.3 Å². The summed E-state index contributed by atoms with van der Waals surface area (Å²) in [5.41, 5.74) is 1.57. The highest BCUT2D eigenvalue weighted by Crippen LogP contribution is 2.29. The fourth-order valence-corrected chi connectivity index (χ4v) is 2.48. The van der Waals surface area contributed by atoms with Crippen LogP contribution in [-0.4, -0.2) is 12.1 Å². The summed E-state index contributed by atoms with van der Waals surface area (Å²) >= 11 is 1.48. The lowest BCUT2D eigenvalue weighted by Crippen LogP contribution is -1.88. The van der Waals surface area contributed by atoms with E-state index in [1.807, 2.05) is 5.38 Å². The topological polar surface area (TPSA) is 22.1 Å². The molecule has 0 aliphatic carbocycles. The van der Waals surface area contributed by atoms with Gasteiger partial charge in [-0.15, -0.1) is 11.3 Å². The zero-order chi connectivity index (χ0) is 12.3. The number of aromatic nitrogens is 1. The predicted octanol–water partition coefficient (Wildman–Crippen LogP) is 3.91. The Kier molecular flexibility index (Phi) is 3.74. The molecule has 0 saturated heterocycles. The molecule has 0 saturated carbocycles. The van der Waals surface area contributed by atoms with E-state index in [1.54, 1.807) is 12.1 Å². The number of aryl methyl sites for hydroxylation is 1. The highest BCUT2D eigenvalue weighted by molar-refractivity contribution is 7.13. The molecule has 90 valence electrons. The normalized spacial score (nSPS) is 10.5. The van der Waals surface area contributed by atoms with Crippen molar-refractivity contribution in [1.82, 2.24) is 4.98 Å². The van der Waals surface area contributed by atoms with Gasteiger partial charge in [0.25, 0.3) is 0 Å². The van der Waals surface area contributed by atoms with Crippen LogP contribution in [0.2, 0.25) is 0 Å². The van der Waals surface area contributed by atoms with Crippen molar-refractivity contribution in [3.05, 3.63) is 35.1 Å². The van der Waals surface area contributed by atoms with Gasteiger partial charge in [-0.05, 0) is 18.6 Å². The minimum atomic E-state index is -0.290. The Balaban J connectivity index is 2.32. The third-order valence-electron chi connectivity index (χ3n) is 2.46. The number of methoxy groups -OCH3 is 1. The monoisotopic (exact) mass is 251 g/mol. The number of hydrogen-bond donors (Lipinski definition) is 0. The van der Waals surface area contributed by atoms with Crippen LogP contribution in [0.4, 0.5) is 4.39 Å². The average Bonchev–Trinajstić information content (AvgIpc) is 2.78. The Morgan fingerprint density at radius 3 is 2.88 bits per heavy atom. The van der Waals surface area contributed by atoms with E-state index >= 15 is 0 Å². The molecule has 0 atom stereocenters. The molecule has 0 amide bonds. The van der Waals surface area contributed by atoms with Gasteiger partial charge in [0, 0.05) is 17.0 Å². The van der Waals surface area contributed by atoms with E-state index in [0.717, 1.165) is 23.5 Å². The molecular weight excluding hydrogens is 237 g/mol. The van der Waals surface area contributed by atoms with Crippen LogP contribution in [0.3, 0.4) is 0 Å². The second kappa shape index (κ2) is 5.27. The average molecular weight is 251 g/mol.